The molecule has 2 aromatic rings. The van der Waals surface area contributed by atoms with Gasteiger partial charge in [0.25, 0.3) is 0 Å². The molecule has 1 aromatic carbocycles. The van der Waals surface area contributed by atoms with Gasteiger partial charge in [-0.25, -0.2) is 13.1 Å². The number of nitrogens with one attached hydrogen (secondary N) is 2. The summed E-state index contributed by atoms with van der Waals surface area (Å²) in [5.41, 5.74) is 1.96. The van der Waals surface area contributed by atoms with Gasteiger partial charge in [0.05, 0.1) is 4.90 Å². The highest BCUT2D eigenvalue weighted by atomic mass is 32.2. The van der Waals surface area contributed by atoms with Gasteiger partial charge in [0.1, 0.15) is 0 Å². The lowest BCUT2D eigenvalue weighted by atomic mass is 10.1. The molecule has 0 bridgehead atoms. The van der Waals surface area contributed by atoms with E-state index in [1.165, 1.54) is 4.88 Å². The maximum Gasteiger partial charge on any atom is 0.240 e. The summed E-state index contributed by atoms with van der Waals surface area (Å²) < 4.78 is 26.9. The van der Waals surface area contributed by atoms with E-state index in [0.717, 1.165) is 17.5 Å². The van der Waals surface area contributed by atoms with Crippen LogP contribution in [0.2, 0.25) is 0 Å². The molecule has 0 aliphatic carbocycles. The lowest BCUT2D eigenvalue weighted by Gasteiger charge is -2.09. The molecule has 1 heterocycles. The Morgan fingerprint density at radius 3 is 2.58 bits per heavy atom. The summed E-state index contributed by atoms with van der Waals surface area (Å²) in [7, 11) is -3.58. The van der Waals surface area contributed by atoms with Crippen LogP contribution in [0.5, 0.6) is 0 Å². The van der Waals surface area contributed by atoms with Crippen LogP contribution in [0.4, 0.5) is 0 Å². The van der Waals surface area contributed by atoms with Crippen molar-refractivity contribution in [3.63, 3.8) is 0 Å². The molecule has 0 saturated carbocycles. The largest absolute Gasteiger partial charge is 0.356 e. The number of rotatable bonds is 8. The summed E-state index contributed by atoms with van der Waals surface area (Å²) in [6.07, 6.45) is 0.909. The number of hydrogen-bond acceptors (Lipinski definition) is 4. The van der Waals surface area contributed by atoms with Crippen LogP contribution in [0.25, 0.3) is 0 Å². The zero-order valence-electron chi connectivity index (χ0n) is 13.8. The normalized spacial score (nSPS) is 11.4. The summed E-state index contributed by atoms with van der Waals surface area (Å²) >= 11 is 1.65. The van der Waals surface area contributed by atoms with Crippen molar-refractivity contribution < 1.29 is 13.2 Å². The molecule has 0 aliphatic rings. The van der Waals surface area contributed by atoms with Crippen LogP contribution < -0.4 is 10.0 Å². The number of aryl methyl sites for hydroxylation is 2. The van der Waals surface area contributed by atoms with Gasteiger partial charge in [-0.1, -0.05) is 12.1 Å². The lowest BCUT2D eigenvalue weighted by Crippen LogP contribution is -2.31. The minimum atomic E-state index is -3.58. The smallest absolute Gasteiger partial charge is 0.240 e. The van der Waals surface area contributed by atoms with Gasteiger partial charge < -0.3 is 5.32 Å². The number of carbonyl (C=O) groups excluding carboxylic acids is 1. The summed E-state index contributed by atoms with van der Waals surface area (Å²) in [6.45, 7) is 4.44. The Kier molecular flexibility index (Phi) is 6.53. The van der Waals surface area contributed by atoms with E-state index in [2.05, 4.69) is 10.0 Å². The molecule has 1 aromatic heterocycles. The van der Waals surface area contributed by atoms with Crippen molar-refractivity contribution in [2.75, 3.05) is 13.1 Å². The fourth-order valence-corrected chi connectivity index (χ4v) is 3.96. The van der Waals surface area contributed by atoms with Crippen molar-refractivity contribution >= 4 is 27.3 Å². The summed E-state index contributed by atoms with van der Waals surface area (Å²) in [5, 5.41) is 4.80. The fourth-order valence-electron chi connectivity index (χ4n) is 2.13. The van der Waals surface area contributed by atoms with Gasteiger partial charge in [-0.3, -0.25) is 4.79 Å². The Morgan fingerprint density at radius 2 is 1.92 bits per heavy atom. The molecule has 130 valence electrons. The molecule has 24 heavy (non-hydrogen) atoms. The average Bonchev–Trinajstić information content (AvgIpc) is 3.03. The lowest BCUT2D eigenvalue weighted by molar-refractivity contribution is -0.120. The summed E-state index contributed by atoms with van der Waals surface area (Å²) in [6, 6.07) is 8.99. The van der Waals surface area contributed by atoms with Crippen LogP contribution >= 0.6 is 11.3 Å². The van der Waals surface area contributed by atoms with E-state index in [1.807, 2.05) is 31.4 Å². The Morgan fingerprint density at radius 1 is 1.12 bits per heavy atom. The number of benzene rings is 1. The highest BCUT2D eigenvalue weighted by Crippen LogP contribution is 2.14. The first-order chi connectivity index (χ1) is 11.4. The van der Waals surface area contributed by atoms with Gasteiger partial charge in [0, 0.05) is 24.4 Å². The molecular formula is C17H22N2O3S2. The molecule has 0 radical (unpaired) electrons. The van der Waals surface area contributed by atoms with Crippen molar-refractivity contribution in [2.45, 2.75) is 31.6 Å². The minimum absolute atomic E-state index is 0.0834. The number of amides is 1. The molecule has 1 amide bonds. The van der Waals surface area contributed by atoms with Crippen LogP contribution in [-0.4, -0.2) is 27.4 Å². The second-order valence-corrected chi connectivity index (χ2v) is 8.37. The van der Waals surface area contributed by atoms with Gasteiger partial charge in [0.2, 0.25) is 15.9 Å². The molecule has 5 nitrogen and oxygen atoms in total. The van der Waals surface area contributed by atoms with Crippen molar-refractivity contribution in [2.24, 2.45) is 0 Å². The summed E-state index contributed by atoms with van der Waals surface area (Å²) in [5.74, 6) is -0.158. The highest BCUT2D eigenvalue weighted by molar-refractivity contribution is 7.89. The molecule has 0 unspecified atom stereocenters. The zero-order valence-corrected chi connectivity index (χ0v) is 15.5. The van der Waals surface area contributed by atoms with E-state index in [4.69, 9.17) is 0 Å². The number of hydrogen-bond donors (Lipinski definition) is 2. The second kappa shape index (κ2) is 8.41. The molecule has 2 N–H and O–H groups in total. The first kappa shape index (κ1) is 18.6. The molecule has 0 spiro atoms. The first-order valence-electron chi connectivity index (χ1n) is 7.74. The fraction of sp³-hybridized carbons (Fsp3) is 0.353. The number of carbonyl (C=O) groups is 1. The predicted octanol–water partition coefficient (Wildman–Crippen LogP) is 2.39. The predicted molar refractivity (Wildman–Crippen MR) is 96.8 cm³/mol. The van der Waals surface area contributed by atoms with Crippen LogP contribution in [0, 0.1) is 13.8 Å². The van der Waals surface area contributed by atoms with Gasteiger partial charge in [-0.15, -0.1) is 11.3 Å². The third-order valence-corrected chi connectivity index (χ3v) is 6.10. The van der Waals surface area contributed by atoms with E-state index in [9.17, 15) is 13.2 Å². The Balaban J connectivity index is 1.75. The van der Waals surface area contributed by atoms with Gasteiger partial charge in [-0.2, -0.15) is 0 Å². The molecule has 0 aliphatic heterocycles. The van der Waals surface area contributed by atoms with Gasteiger partial charge in [0.15, 0.2) is 0 Å². The van der Waals surface area contributed by atoms with Crippen LogP contribution in [0.1, 0.15) is 22.4 Å². The average molecular weight is 367 g/mol. The molecule has 7 heteroatoms. The maximum absolute atomic E-state index is 12.2. The third-order valence-electron chi connectivity index (χ3n) is 3.71. The first-order valence-corrected chi connectivity index (χ1v) is 10.1. The minimum Gasteiger partial charge on any atom is -0.356 e. The highest BCUT2D eigenvalue weighted by Gasteiger charge is 2.14. The Bertz CT molecular complexity index is 784. The quantitative estimate of drug-likeness (QED) is 0.753. The second-order valence-electron chi connectivity index (χ2n) is 5.57. The molecule has 2 rings (SSSR count). The summed E-state index contributed by atoms with van der Waals surface area (Å²) in [4.78, 5) is 13.2. The Labute approximate surface area is 147 Å². The van der Waals surface area contributed by atoms with E-state index < -0.39 is 10.0 Å². The Hall–Kier alpha value is -1.70. The van der Waals surface area contributed by atoms with Crippen molar-refractivity contribution in [3.8, 4) is 0 Å². The van der Waals surface area contributed by atoms with E-state index in [-0.39, 0.29) is 23.8 Å². The van der Waals surface area contributed by atoms with E-state index in [0.29, 0.717) is 6.54 Å². The van der Waals surface area contributed by atoms with Crippen molar-refractivity contribution in [3.05, 3.63) is 51.7 Å². The molecular weight excluding hydrogens is 344 g/mol. The van der Waals surface area contributed by atoms with Crippen molar-refractivity contribution in [1.82, 2.24) is 10.0 Å². The number of sulfonamides is 1. The van der Waals surface area contributed by atoms with Gasteiger partial charge in [-0.05, 0) is 55.0 Å². The zero-order chi connectivity index (χ0) is 17.6. The molecule has 0 fully saturated rings. The van der Waals surface area contributed by atoms with Gasteiger partial charge >= 0.3 is 0 Å². The van der Waals surface area contributed by atoms with Crippen LogP contribution in [0.15, 0.2) is 40.6 Å². The van der Waals surface area contributed by atoms with Crippen LogP contribution in [0.3, 0.4) is 0 Å². The molecule has 0 atom stereocenters. The third kappa shape index (κ3) is 5.43. The van der Waals surface area contributed by atoms with E-state index >= 15 is 0 Å². The van der Waals surface area contributed by atoms with Crippen LogP contribution in [-0.2, 0) is 21.2 Å². The SMILES string of the molecule is Cc1ccc(S(=O)(=O)NCCC(=O)NCCc2cccs2)cc1C. The monoisotopic (exact) mass is 366 g/mol. The topological polar surface area (TPSA) is 75.3 Å². The maximum atomic E-state index is 12.2. The van der Waals surface area contributed by atoms with E-state index in [1.54, 1.807) is 29.5 Å². The molecule has 0 saturated heterocycles. The standard InChI is InChI=1S/C17H22N2O3S2/c1-13-5-6-16(12-14(13)2)24(21,22)19-10-8-17(20)18-9-7-15-4-3-11-23-15/h3-6,11-12,19H,7-10H2,1-2H3,(H,18,20). The van der Waals surface area contributed by atoms with Crippen molar-refractivity contribution in [1.29, 1.82) is 0 Å². The number of thiophene rings is 1.